The SMILES string of the molecule is C/C=C/C1=C(Cl)C(O)C(O)C1O. The van der Waals surface area contributed by atoms with Crippen LogP contribution in [0.5, 0.6) is 0 Å². The highest BCUT2D eigenvalue weighted by Crippen LogP contribution is 2.30. The zero-order valence-corrected chi connectivity index (χ0v) is 7.36. The lowest BCUT2D eigenvalue weighted by molar-refractivity contribution is -0.0106. The summed E-state index contributed by atoms with van der Waals surface area (Å²) in [5.41, 5.74) is 0.388. The zero-order chi connectivity index (χ0) is 9.30. The van der Waals surface area contributed by atoms with Gasteiger partial charge in [0.15, 0.2) is 0 Å². The van der Waals surface area contributed by atoms with E-state index in [1.54, 1.807) is 19.1 Å². The minimum Gasteiger partial charge on any atom is -0.387 e. The lowest BCUT2D eigenvalue weighted by atomic mass is 10.1. The molecule has 3 N–H and O–H groups in total. The summed E-state index contributed by atoms with van der Waals surface area (Å²) in [6.07, 6.45) is -0.182. The van der Waals surface area contributed by atoms with Crippen molar-refractivity contribution in [1.29, 1.82) is 0 Å². The number of hydrogen-bond donors (Lipinski definition) is 3. The predicted molar refractivity (Wildman–Crippen MR) is 45.7 cm³/mol. The van der Waals surface area contributed by atoms with Gasteiger partial charge in [0.25, 0.3) is 0 Å². The summed E-state index contributed by atoms with van der Waals surface area (Å²) in [6.45, 7) is 1.76. The minimum atomic E-state index is -1.20. The normalized spacial score (nSPS) is 36.9. The maximum Gasteiger partial charge on any atom is 0.119 e. The minimum absolute atomic E-state index is 0.119. The highest BCUT2D eigenvalue weighted by Gasteiger charge is 2.37. The third kappa shape index (κ3) is 1.41. The molecule has 0 spiro atoms. The molecule has 0 heterocycles. The first-order chi connectivity index (χ1) is 5.59. The van der Waals surface area contributed by atoms with Crippen LogP contribution in [-0.2, 0) is 0 Å². The summed E-state index contributed by atoms with van der Waals surface area (Å²) in [4.78, 5) is 0. The fourth-order valence-corrected chi connectivity index (χ4v) is 1.48. The average molecular weight is 191 g/mol. The number of allylic oxidation sites excluding steroid dienone is 1. The molecule has 0 radical (unpaired) electrons. The van der Waals surface area contributed by atoms with E-state index in [2.05, 4.69) is 0 Å². The second-order valence-corrected chi connectivity index (χ2v) is 3.09. The fraction of sp³-hybridized carbons (Fsp3) is 0.500. The summed E-state index contributed by atoms with van der Waals surface area (Å²) < 4.78 is 0. The second-order valence-electron chi connectivity index (χ2n) is 2.68. The summed E-state index contributed by atoms with van der Waals surface area (Å²) in [5.74, 6) is 0. The maximum absolute atomic E-state index is 9.33. The van der Waals surface area contributed by atoms with Crippen LogP contribution in [0.2, 0.25) is 0 Å². The average Bonchev–Trinajstić information content (AvgIpc) is 2.23. The molecule has 0 aromatic rings. The van der Waals surface area contributed by atoms with E-state index in [1.807, 2.05) is 0 Å². The van der Waals surface area contributed by atoms with Crippen LogP contribution < -0.4 is 0 Å². The topological polar surface area (TPSA) is 60.7 Å². The van der Waals surface area contributed by atoms with Gasteiger partial charge in [0.1, 0.15) is 18.3 Å². The first-order valence-electron chi connectivity index (χ1n) is 3.66. The van der Waals surface area contributed by atoms with Crippen LogP contribution in [0.15, 0.2) is 22.8 Å². The van der Waals surface area contributed by atoms with E-state index in [0.29, 0.717) is 5.57 Å². The lowest BCUT2D eigenvalue weighted by Gasteiger charge is -2.11. The molecule has 3 nitrogen and oxygen atoms in total. The summed E-state index contributed by atoms with van der Waals surface area (Å²) in [5, 5.41) is 27.8. The van der Waals surface area contributed by atoms with Gasteiger partial charge in [-0.1, -0.05) is 23.8 Å². The van der Waals surface area contributed by atoms with Crippen molar-refractivity contribution in [3.05, 3.63) is 22.8 Å². The Hall–Kier alpha value is -0.350. The van der Waals surface area contributed by atoms with Crippen LogP contribution in [0, 0.1) is 0 Å². The van der Waals surface area contributed by atoms with Gasteiger partial charge < -0.3 is 15.3 Å². The molecular formula is C8H11ClO3. The van der Waals surface area contributed by atoms with Crippen LogP contribution in [0.3, 0.4) is 0 Å². The lowest BCUT2D eigenvalue weighted by Crippen LogP contribution is -2.31. The molecule has 4 heteroatoms. The molecule has 0 aromatic heterocycles. The summed E-state index contributed by atoms with van der Waals surface area (Å²) in [7, 11) is 0. The van der Waals surface area contributed by atoms with Crippen molar-refractivity contribution in [2.45, 2.75) is 25.2 Å². The molecule has 1 aliphatic carbocycles. The van der Waals surface area contributed by atoms with E-state index >= 15 is 0 Å². The molecular weight excluding hydrogens is 180 g/mol. The zero-order valence-electron chi connectivity index (χ0n) is 6.61. The van der Waals surface area contributed by atoms with E-state index in [-0.39, 0.29) is 5.03 Å². The van der Waals surface area contributed by atoms with E-state index in [9.17, 15) is 15.3 Å². The Morgan fingerprint density at radius 1 is 1.25 bits per heavy atom. The van der Waals surface area contributed by atoms with Crippen molar-refractivity contribution < 1.29 is 15.3 Å². The van der Waals surface area contributed by atoms with Gasteiger partial charge in [-0.3, -0.25) is 0 Å². The predicted octanol–water partition coefficient (Wildman–Crippen LogP) is 0.152. The molecule has 12 heavy (non-hydrogen) atoms. The molecule has 0 amide bonds. The molecule has 0 fully saturated rings. The Bertz CT molecular complexity index is 234. The third-order valence-corrected chi connectivity index (χ3v) is 2.29. The highest BCUT2D eigenvalue weighted by molar-refractivity contribution is 6.31. The van der Waals surface area contributed by atoms with Gasteiger partial charge in [-0.25, -0.2) is 0 Å². The highest BCUT2D eigenvalue weighted by atomic mass is 35.5. The molecule has 0 bridgehead atoms. The van der Waals surface area contributed by atoms with E-state index in [4.69, 9.17) is 11.6 Å². The smallest absolute Gasteiger partial charge is 0.119 e. The molecule has 3 atom stereocenters. The van der Waals surface area contributed by atoms with Gasteiger partial charge in [-0.05, 0) is 6.92 Å². The van der Waals surface area contributed by atoms with Crippen LogP contribution in [0.4, 0.5) is 0 Å². The Balaban J connectivity index is 2.96. The Labute approximate surface area is 75.6 Å². The number of rotatable bonds is 1. The van der Waals surface area contributed by atoms with Crippen molar-refractivity contribution in [2.75, 3.05) is 0 Å². The van der Waals surface area contributed by atoms with Gasteiger partial charge in [0.05, 0.1) is 5.03 Å². The van der Waals surface area contributed by atoms with Crippen molar-refractivity contribution in [2.24, 2.45) is 0 Å². The van der Waals surface area contributed by atoms with Gasteiger partial charge in [0.2, 0.25) is 0 Å². The van der Waals surface area contributed by atoms with Crippen molar-refractivity contribution >= 4 is 11.6 Å². The van der Waals surface area contributed by atoms with Gasteiger partial charge >= 0.3 is 0 Å². The second kappa shape index (κ2) is 3.58. The molecule has 0 aromatic carbocycles. The first kappa shape index (κ1) is 9.74. The fourth-order valence-electron chi connectivity index (χ4n) is 1.18. The molecule has 68 valence electrons. The Morgan fingerprint density at radius 2 is 1.83 bits per heavy atom. The van der Waals surface area contributed by atoms with E-state index in [0.717, 1.165) is 0 Å². The number of aliphatic hydroxyl groups excluding tert-OH is 3. The largest absolute Gasteiger partial charge is 0.387 e. The van der Waals surface area contributed by atoms with Gasteiger partial charge in [-0.2, -0.15) is 0 Å². The molecule has 0 aliphatic heterocycles. The van der Waals surface area contributed by atoms with Gasteiger partial charge in [-0.15, -0.1) is 0 Å². The van der Waals surface area contributed by atoms with Crippen LogP contribution >= 0.6 is 11.6 Å². The number of halogens is 1. The molecule has 1 rings (SSSR count). The molecule has 0 saturated heterocycles. The first-order valence-corrected chi connectivity index (χ1v) is 4.03. The van der Waals surface area contributed by atoms with Crippen LogP contribution in [-0.4, -0.2) is 33.6 Å². The van der Waals surface area contributed by atoms with Crippen LogP contribution in [0.1, 0.15) is 6.92 Å². The van der Waals surface area contributed by atoms with E-state index in [1.165, 1.54) is 0 Å². The molecule has 3 unspecified atom stereocenters. The Morgan fingerprint density at radius 3 is 2.17 bits per heavy atom. The number of aliphatic hydroxyl groups is 3. The summed E-state index contributed by atoms with van der Waals surface area (Å²) in [6, 6.07) is 0. The third-order valence-electron chi connectivity index (χ3n) is 1.85. The maximum atomic E-state index is 9.33. The van der Waals surface area contributed by atoms with Gasteiger partial charge in [0, 0.05) is 5.57 Å². The van der Waals surface area contributed by atoms with E-state index < -0.39 is 18.3 Å². The van der Waals surface area contributed by atoms with Crippen LogP contribution in [0.25, 0.3) is 0 Å². The van der Waals surface area contributed by atoms with Crippen molar-refractivity contribution in [3.8, 4) is 0 Å². The van der Waals surface area contributed by atoms with Crippen molar-refractivity contribution in [1.82, 2.24) is 0 Å². The standard InChI is InChI=1S/C8H11ClO3/c1-2-3-4-5(9)7(11)8(12)6(4)10/h2-3,6-8,10-12H,1H3/b3-2+. The van der Waals surface area contributed by atoms with Crippen molar-refractivity contribution in [3.63, 3.8) is 0 Å². The quantitative estimate of drug-likeness (QED) is 0.552. The number of hydrogen-bond acceptors (Lipinski definition) is 3. The Kier molecular flexibility index (Phi) is 2.90. The monoisotopic (exact) mass is 190 g/mol. The molecule has 1 aliphatic rings. The summed E-state index contributed by atoms with van der Waals surface area (Å²) >= 11 is 5.66. The molecule has 0 saturated carbocycles.